The fraction of sp³-hybridized carbons (Fsp3) is 0. The third kappa shape index (κ3) is 2.99. The summed E-state index contributed by atoms with van der Waals surface area (Å²) in [6.45, 7) is 0. The predicted molar refractivity (Wildman–Crippen MR) is 25.0 cm³/mol. The fourth-order valence-corrected chi connectivity index (χ4v) is 0.411. The molecule has 0 atom stereocenters. The number of nitrogens with one attached hydrogen (secondary N) is 1. The van der Waals surface area contributed by atoms with Crippen molar-refractivity contribution in [2.45, 2.75) is 0 Å². The van der Waals surface area contributed by atoms with Gasteiger partial charge in [0.2, 0.25) is 5.88 Å². The SMILES string of the molecule is [O-]B([O-])Oc1cc[nH]n1.[Pd+2]. The van der Waals surface area contributed by atoms with Crippen molar-refractivity contribution >= 4 is 7.32 Å². The Kier molecular flexibility index (Phi) is 4.32. The van der Waals surface area contributed by atoms with Crippen molar-refractivity contribution in [3.8, 4) is 5.88 Å². The summed E-state index contributed by atoms with van der Waals surface area (Å²) < 4.78 is 4.10. The molecule has 0 radical (unpaired) electrons. The number of hydrogen-bond donors (Lipinski definition) is 1. The van der Waals surface area contributed by atoms with E-state index in [-0.39, 0.29) is 26.3 Å². The van der Waals surface area contributed by atoms with Gasteiger partial charge in [0.05, 0.1) is 0 Å². The quantitative estimate of drug-likeness (QED) is 0.571. The van der Waals surface area contributed by atoms with Gasteiger partial charge in [-0.1, -0.05) is 0 Å². The number of aromatic nitrogens is 2. The normalized spacial score (nSPS) is 8.20. The van der Waals surface area contributed by atoms with Crippen LogP contribution in [0.4, 0.5) is 0 Å². The van der Waals surface area contributed by atoms with Crippen molar-refractivity contribution in [1.29, 1.82) is 0 Å². The Morgan fingerprint density at radius 1 is 1.60 bits per heavy atom. The van der Waals surface area contributed by atoms with Crippen LogP contribution in [0.3, 0.4) is 0 Å². The molecular weight excluding hydrogens is 229 g/mol. The second-order valence-electron chi connectivity index (χ2n) is 1.32. The Morgan fingerprint density at radius 3 is 2.70 bits per heavy atom. The van der Waals surface area contributed by atoms with Gasteiger partial charge in [-0.25, -0.2) is 0 Å². The first-order valence-corrected chi connectivity index (χ1v) is 2.27. The summed E-state index contributed by atoms with van der Waals surface area (Å²) in [6, 6.07) is 1.39. The molecule has 0 fully saturated rings. The summed E-state index contributed by atoms with van der Waals surface area (Å²) in [5, 5.41) is 25.3. The van der Waals surface area contributed by atoms with E-state index in [9.17, 15) is 10.0 Å². The summed E-state index contributed by atoms with van der Waals surface area (Å²) in [6.07, 6.45) is 1.46. The molecule has 0 spiro atoms. The Balaban J connectivity index is 0.000000810. The fourth-order valence-electron chi connectivity index (χ4n) is 0.411. The second-order valence-corrected chi connectivity index (χ2v) is 1.32. The van der Waals surface area contributed by atoms with E-state index in [2.05, 4.69) is 14.9 Å². The van der Waals surface area contributed by atoms with Crippen LogP contribution in [0.5, 0.6) is 5.88 Å². The largest absolute Gasteiger partial charge is 2.00 e. The van der Waals surface area contributed by atoms with Gasteiger partial charge < -0.3 is 14.7 Å². The van der Waals surface area contributed by atoms with Crippen molar-refractivity contribution < 1.29 is 35.1 Å². The van der Waals surface area contributed by atoms with Crippen molar-refractivity contribution in [1.82, 2.24) is 10.2 Å². The maximum Gasteiger partial charge on any atom is 2.00 e. The van der Waals surface area contributed by atoms with E-state index in [0.29, 0.717) is 0 Å². The minimum atomic E-state index is -2.30. The molecule has 0 aliphatic rings. The third-order valence-electron chi connectivity index (χ3n) is 0.692. The van der Waals surface area contributed by atoms with Crippen LogP contribution in [0, 0.1) is 0 Å². The van der Waals surface area contributed by atoms with Crippen LogP contribution < -0.4 is 14.7 Å². The zero-order valence-electron chi connectivity index (χ0n) is 4.72. The molecule has 56 valence electrons. The van der Waals surface area contributed by atoms with E-state index in [1.165, 1.54) is 12.3 Å². The Bertz CT molecular complexity index is 168. The molecule has 0 saturated heterocycles. The average molecular weight is 232 g/mol. The van der Waals surface area contributed by atoms with Gasteiger partial charge in [0.15, 0.2) is 0 Å². The van der Waals surface area contributed by atoms with Crippen LogP contribution in [-0.4, -0.2) is 17.5 Å². The minimum Gasteiger partial charge on any atom is -0.860 e. The zero-order valence-corrected chi connectivity index (χ0v) is 6.27. The molecule has 1 aromatic heterocycles. The second kappa shape index (κ2) is 4.47. The average Bonchev–Trinajstić information content (AvgIpc) is 2.15. The molecule has 0 saturated carbocycles. The first kappa shape index (κ1) is 9.66. The van der Waals surface area contributed by atoms with Gasteiger partial charge in [-0.15, -0.1) is 5.10 Å². The third-order valence-corrected chi connectivity index (χ3v) is 0.692. The van der Waals surface area contributed by atoms with Crippen LogP contribution in [-0.2, 0) is 20.4 Å². The van der Waals surface area contributed by atoms with E-state index in [1.807, 2.05) is 0 Å². The van der Waals surface area contributed by atoms with E-state index in [0.717, 1.165) is 0 Å². The molecule has 10 heavy (non-hydrogen) atoms. The molecule has 1 rings (SSSR count). The molecular formula is C3H3BN2O3Pd. The van der Waals surface area contributed by atoms with Gasteiger partial charge in [0.1, 0.15) is 7.32 Å². The number of H-pyrrole nitrogens is 1. The molecule has 7 heteroatoms. The number of hydrogen-bond acceptors (Lipinski definition) is 4. The maximum absolute atomic E-state index is 9.76. The molecule has 1 N–H and O–H groups in total. The standard InChI is InChI=1S/C3H3BN2O3.Pd/c7-4(8)9-3-1-2-5-6-3;/h1-2H,(H,5,6);/q-2;+2. The molecule has 5 nitrogen and oxygen atoms in total. The molecule has 1 aromatic rings. The summed E-state index contributed by atoms with van der Waals surface area (Å²) in [7, 11) is -2.30. The van der Waals surface area contributed by atoms with Crippen LogP contribution in [0.25, 0.3) is 0 Å². The first-order chi connectivity index (χ1) is 4.29. The summed E-state index contributed by atoms with van der Waals surface area (Å²) >= 11 is 0. The molecule has 0 unspecified atom stereocenters. The van der Waals surface area contributed by atoms with E-state index in [4.69, 9.17) is 0 Å². The topological polar surface area (TPSA) is 84.0 Å². The van der Waals surface area contributed by atoms with Gasteiger partial charge in [-0.05, 0) is 0 Å². The number of nitrogens with zero attached hydrogens (tertiary/aromatic N) is 1. The smallest absolute Gasteiger partial charge is 0.860 e. The van der Waals surface area contributed by atoms with Crippen LogP contribution in [0.1, 0.15) is 0 Å². The number of aromatic amines is 1. The van der Waals surface area contributed by atoms with Crippen molar-refractivity contribution in [3.05, 3.63) is 12.3 Å². The van der Waals surface area contributed by atoms with Crippen molar-refractivity contribution in [3.63, 3.8) is 0 Å². The van der Waals surface area contributed by atoms with Crippen LogP contribution in [0.2, 0.25) is 0 Å². The van der Waals surface area contributed by atoms with Crippen molar-refractivity contribution in [2.75, 3.05) is 0 Å². The van der Waals surface area contributed by atoms with E-state index < -0.39 is 7.32 Å². The maximum atomic E-state index is 9.76. The van der Waals surface area contributed by atoms with Crippen molar-refractivity contribution in [2.24, 2.45) is 0 Å². The summed E-state index contributed by atoms with van der Waals surface area (Å²) in [4.78, 5) is 0. The molecule has 0 amide bonds. The van der Waals surface area contributed by atoms with E-state index >= 15 is 0 Å². The van der Waals surface area contributed by atoms with Crippen LogP contribution in [0.15, 0.2) is 12.3 Å². The first-order valence-electron chi connectivity index (χ1n) is 2.27. The number of rotatable bonds is 2. The van der Waals surface area contributed by atoms with Gasteiger partial charge in [0, 0.05) is 12.3 Å². The predicted octanol–water partition coefficient (Wildman–Crippen LogP) is -2.51. The van der Waals surface area contributed by atoms with E-state index in [1.54, 1.807) is 0 Å². The summed E-state index contributed by atoms with van der Waals surface area (Å²) in [5.41, 5.74) is 0. The monoisotopic (exact) mass is 232 g/mol. The summed E-state index contributed by atoms with van der Waals surface area (Å²) in [5.74, 6) is 0.0324. The zero-order chi connectivity index (χ0) is 6.69. The van der Waals surface area contributed by atoms with Crippen LogP contribution >= 0.6 is 0 Å². The minimum absolute atomic E-state index is 0. The molecule has 1 heterocycles. The van der Waals surface area contributed by atoms with Gasteiger partial charge in [0.25, 0.3) is 0 Å². The molecule has 0 aliphatic carbocycles. The molecule has 0 aromatic carbocycles. The Hall–Kier alpha value is -0.343. The van der Waals surface area contributed by atoms with Gasteiger partial charge in [-0.2, -0.15) is 0 Å². The molecule has 0 aliphatic heterocycles. The van der Waals surface area contributed by atoms with Gasteiger partial charge >= 0.3 is 20.4 Å². The van der Waals surface area contributed by atoms with Gasteiger partial charge in [-0.3, -0.25) is 5.10 Å². The Labute approximate surface area is 71.2 Å². The molecule has 0 bridgehead atoms. The Morgan fingerprint density at radius 2 is 2.30 bits per heavy atom.